The van der Waals surface area contributed by atoms with Crippen molar-refractivity contribution >= 4 is 11.9 Å². The maximum absolute atomic E-state index is 12.2. The number of amides is 1. The average molecular weight is 306 g/mol. The van der Waals surface area contributed by atoms with Crippen LogP contribution in [0.15, 0.2) is 18.3 Å². The van der Waals surface area contributed by atoms with Gasteiger partial charge in [0, 0.05) is 39.9 Å². The van der Waals surface area contributed by atoms with Crippen LogP contribution in [0.3, 0.4) is 0 Å². The molecule has 22 heavy (non-hydrogen) atoms. The van der Waals surface area contributed by atoms with Crippen LogP contribution in [-0.4, -0.2) is 55.3 Å². The smallest absolute Gasteiger partial charge is 0.410 e. The Labute approximate surface area is 132 Å². The number of piperazine rings is 1. The number of hydrogen-bond donors (Lipinski definition) is 1. The Bertz CT molecular complexity index is 508. The fourth-order valence-corrected chi connectivity index (χ4v) is 2.33. The number of ether oxygens (including phenoxy) is 1. The molecule has 0 bridgehead atoms. The Balaban J connectivity index is 2.02. The van der Waals surface area contributed by atoms with Gasteiger partial charge in [-0.15, -0.1) is 0 Å². The highest BCUT2D eigenvalue weighted by Gasteiger charge is 2.28. The van der Waals surface area contributed by atoms with Crippen LogP contribution in [0.5, 0.6) is 0 Å². The molecule has 0 spiro atoms. The molecule has 1 aromatic rings. The second-order valence-electron chi connectivity index (χ2n) is 6.78. The van der Waals surface area contributed by atoms with Gasteiger partial charge in [-0.05, 0) is 32.4 Å². The molecule has 6 heteroatoms. The van der Waals surface area contributed by atoms with Crippen LogP contribution < -0.4 is 10.2 Å². The second kappa shape index (κ2) is 6.52. The van der Waals surface area contributed by atoms with Crippen LogP contribution in [0, 0.1) is 0 Å². The van der Waals surface area contributed by atoms with Gasteiger partial charge < -0.3 is 19.9 Å². The SMILES string of the molecule is CN(C)c1ccc(C2CN(C(=O)OC(C)(C)C)CCN2)cn1. The predicted molar refractivity (Wildman–Crippen MR) is 87.1 cm³/mol. The Kier molecular flexibility index (Phi) is 4.90. The fourth-order valence-electron chi connectivity index (χ4n) is 2.33. The molecule has 1 unspecified atom stereocenters. The fraction of sp³-hybridized carbons (Fsp3) is 0.625. The van der Waals surface area contributed by atoms with E-state index in [4.69, 9.17) is 4.74 Å². The standard InChI is InChI=1S/C16H26N4O2/c1-16(2,3)22-15(21)20-9-8-17-13(11-20)12-6-7-14(18-10-12)19(4)5/h6-7,10,13,17H,8-9,11H2,1-5H3. The van der Waals surface area contributed by atoms with Gasteiger partial charge in [-0.25, -0.2) is 9.78 Å². The molecule has 1 fully saturated rings. The number of anilines is 1. The summed E-state index contributed by atoms with van der Waals surface area (Å²) in [5.41, 5.74) is 0.616. The zero-order valence-corrected chi connectivity index (χ0v) is 14.1. The van der Waals surface area contributed by atoms with Crippen molar-refractivity contribution in [2.24, 2.45) is 0 Å². The summed E-state index contributed by atoms with van der Waals surface area (Å²) in [6, 6.07) is 4.13. The van der Waals surface area contributed by atoms with Gasteiger partial charge in [0.1, 0.15) is 11.4 Å². The Hall–Kier alpha value is -1.82. The molecule has 1 aromatic heterocycles. The number of carbonyl (C=O) groups is 1. The summed E-state index contributed by atoms with van der Waals surface area (Å²) < 4.78 is 5.45. The van der Waals surface area contributed by atoms with Gasteiger partial charge in [-0.1, -0.05) is 6.07 Å². The van der Waals surface area contributed by atoms with Crippen LogP contribution in [0.2, 0.25) is 0 Å². The molecule has 122 valence electrons. The van der Waals surface area contributed by atoms with E-state index >= 15 is 0 Å². The van der Waals surface area contributed by atoms with E-state index in [1.165, 1.54) is 0 Å². The van der Waals surface area contributed by atoms with E-state index in [2.05, 4.69) is 16.4 Å². The summed E-state index contributed by atoms with van der Waals surface area (Å²) in [6.07, 6.45) is 1.61. The Morgan fingerprint density at radius 2 is 2.14 bits per heavy atom. The van der Waals surface area contributed by atoms with Crippen LogP contribution >= 0.6 is 0 Å². The monoisotopic (exact) mass is 306 g/mol. The molecule has 0 radical (unpaired) electrons. The maximum Gasteiger partial charge on any atom is 0.410 e. The van der Waals surface area contributed by atoms with E-state index in [-0.39, 0.29) is 12.1 Å². The Morgan fingerprint density at radius 1 is 1.41 bits per heavy atom. The Morgan fingerprint density at radius 3 is 2.68 bits per heavy atom. The zero-order valence-electron chi connectivity index (χ0n) is 14.1. The van der Waals surface area contributed by atoms with E-state index in [9.17, 15) is 4.79 Å². The van der Waals surface area contributed by atoms with E-state index in [0.717, 1.165) is 17.9 Å². The second-order valence-corrected chi connectivity index (χ2v) is 6.78. The zero-order chi connectivity index (χ0) is 16.3. The molecule has 0 aromatic carbocycles. The molecule has 1 N–H and O–H groups in total. The van der Waals surface area contributed by atoms with Gasteiger partial charge in [-0.2, -0.15) is 0 Å². The molecule has 1 atom stereocenters. The highest BCUT2D eigenvalue weighted by Crippen LogP contribution is 2.20. The van der Waals surface area contributed by atoms with Crippen LogP contribution in [0.4, 0.5) is 10.6 Å². The van der Waals surface area contributed by atoms with Gasteiger partial charge in [-0.3, -0.25) is 0 Å². The summed E-state index contributed by atoms with van der Waals surface area (Å²) in [6.45, 7) is 7.66. The summed E-state index contributed by atoms with van der Waals surface area (Å²) in [5, 5.41) is 3.43. The van der Waals surface area contributed by atoms with Gasteiger partial charge in [0.05, 0.1) is 6.04 Å². The third-order valence-corrected chi connectivity index (χ3v) is 3.46. The van der Waals surface area contributed by atoms with Gasteiger partial charge in [0.2, 0.25) is 0 Å². The largest absolute Gasteiger partial charge is 0.444 e. The molecule has 0 aliphatic carbocycles. The first-order valence-electron chi connectivity index (χ1n) is 7.61. The van der Waals surface area contributed by atoms with Crippen molar-refractivity contribution in [2.45, 2.75) is 32.4 Å². The number of pyridine rings is 1. The lowest BCUT2D eigenvalue weighted by molar-refractivity contribution is 0.0195. The molecule has 1 amide bonds. The number of nitrogens with one attached hydrogen (secondary N) is 1. The third kappa shape index (κ3) is 4.34. The first-order chi connectivity index (χ1) is 10.3. The predicted octanol–water partition coefficient (Wildman–Crippen LogP) is 2.03. The number of carbonyl (C=O) groups excluding carboxylic acids is 1. The highest BCUT2D eigenvalue weighted by atomic mass is 16.6. The molecular weight excluding hydrogens is 280 g/mol. The summed E-state index contributed by atoms with van der Waals surface area (Å²) in [4.78, 5) is 20.3. The molecule has 6 nitrogen and oxygen atoms in total. The molecular formula is C16H26N4O2. The van der Waals surface area contributed by atoms with Gasteiger partial charge in [0.25, 0.3) is 0 Å². The average Bonchev–Trinajstić information content (AvgIpc) is 2.46. The first kappa shape index (κ1) is 16.5. The summed E-state index contributed by atoms with van der Waals surface area (Å²) in [7, 11) is 3.93. The molecule has 2 heterocycles. The van der Waals surface area contributed by atoms with E-state index in [1.807, 2.05) is 52.0 Å². The normalized spacial score (nSPS) is 19.0. The first-order valence-corrected chi connectivity index (χ1v) is 7.61. The lowest BCUT2D eigenvalue weighted by Crippen LogP contribution is -2.49. The van der Waals surface area contributed by atoms with E-state index in [0.29, 0.717) is 13.1 Å². The highest BCUT2D eigenvalue weighted by molar-refractivity contribution is 5.68. The van der Waals surface area contributed by atoms with Crippen LogP contribution in [0.1, 0.15) is 32.4 Å². The van der Waals surface area contributed by atoms with Crippen LogP contribution in [0.25, 0.3) is 0 Å². The van der Waals surface area contributed by atoms with Crippen molar-refractivity contribution in [3.8, 4) is 0 Å². The molecule has 1 aliphatic heterocycles. The maximum atomic E-state index is 12.2. The minimum atomic E-state index is -0.466. The van der Waals surface area contributed by atoms with Crippen molar-refractivity contribution in [3.63, 3.8) is 0 Å². The third-order valence-electron chi connectivity index (χ3n) is 3.46. The van der Waals surface area contributed by atoms with Crippen molar-refractivity contribution < 1.29 is 9.53 Å². The van der Waals surface area contributed by atoms with Gasteiger partial charge in [0.15, 0.2) is 0 Å². The van der Waals surface area contributed by atoms with Crippen molar-refractivity contribution in [2.75, 3.05) is 38.6 Å². The van der Waals surface area contributed by atoms with Crippen molar-refractivity contribution in [3.05, 3.63) is 23.9 Å². The topological polar surface area (TPSA) is 57.7 Å². The molecule has 0 saturated carbocycles. The van der Waals surface area contributed by atoms with E-state index in [1.54, 1.807) is 4.90 Å². The quantitative estimate of drug-likeness (QED) is 0.906. The minimum Gasteiger partial charge on any atom is -0.444 e. The van der Waals surface area contributed by atoms with E-state index < -0.39 is 5.60 Å². The number of rotatable bonds is 2. The van der Waals surface area contributed by atoms with Crippen molar-refractivity contribution in [1.29, 1.82) is 0 Å². The number of nitrogens with zero attached hydrogens (tertiary/aromatic N) is 3. The summed E-state index contributed by atoms with van der Waals surface area (Å²) in [5.74, 6) is 0.920. The van der Waals surface area contributed by atoms with Gasteiger partial charge >= 0.3 is 6.09 Å². The molecule has 1 aliphatic rings. The van der Waals surface area contributed by atoms with Crippen LogP contribution in [-0.2, 0) is 4.74 Å². The lowest BCUT2D eigenvalue weighted by atomic mass is 10.1. The number of hydrogen-bond acceptors (Lipinski definition) is 5. The molecule has 2 rings (SSSR count). The van der Waals surface area contributed by atoms with Crippen molar-refractivity contribution in [1.82, 2.24) is 15.2 Å². The summed E-state index contributed by atoms with van der Waals surface area (Å²) >= 11 is 0. The lowest BCUT2D eigenvalue weighted by Gasteiger charge is -2.35. The number of aromatic nitrogens is 1. The molecule has 1 saturated heterocycles. The minimum absolute atomic E-state index is 0.0879.